The molecule has 4 rings (SSSR count). The van der Waals surface area contributed by atoms with E-state index in [4.69, 9.17) is 14.7 Å². The molecule has 2 aliphatic heterocycles. The van der Waals surface area contributed by atoms with Crippen molar-refractivity contribution >= 4 is 0 Å². The largest absolute Gasteiger partial charge is 0.376 e. The fraction of sp³-hybridized carbons (Fsp3) is 0.524. The standard InChI is InChI=1S/C21H27N3O/c1-15(2)11-24-10-9-21(13-24)14-25-12-18-16(3)22-20(23-19(18)21)17-7-5-4-6-8-17/h4-8,15H,9-14H2,1-3H3/t21-/m1/s1. The second-order valence-corrected chi connectivity index (χ2v) is 7.98. The Kier molecular flexibility index (Phi) is 4.34. The van der Waals surface area contributed by atoms with Crippen molar-refractivity contribution in [3.8, 4) is 11.4 Å². The van der Waals surface area contributed by atoms with Crippen LogP contribution in [0.1, 0.15) is 37.2 Å². The lowest BCUT2D eigenvalue weighted by Gasteiger charge is -2.35. The lowest BCUT2D eigenvalue weighted by atomic mass is 9.80. The molecule has 4 nitrogen and oxygen atoms in total. The van der Waals surface area contributed by atoms with Crippen LogP contribution >= 0.6 is 0 Å². The first kappa shape index (κ1) is 16.7. The van der Waals surface area contributed by atoms with Gasteiger partial charge in [0.15, 0.2) is 5.82 Å². The molecule has 0 bridgehead atoms. The molecule has 0 saturated carbocycles. The third-order valence-electron chi connectivity index (χ3n) is 5.43. The number of hydrogen-bond acceptors (Lipinski definition) is 4. The summed E-state index contributed by atoms with van der Waals surface area (Å²) >= 11 is 0. The van der Waals surface area contributed by atoms with Gasteiger partial charge in [0, 0.05) is 29.9 Å². The van der Waals surface area contributed by atoms with E-state index in [1.807, 2.05) is 18.2 Å². The Balaban J connectivity index is 1.75. The van der Waals surface area contributed by atoms with E-state index in [2.05, 4.69) is 37.8 Å². The highest BCUT2D eigenvalue weighted by Gasteiger charge is 2.45. The molecule has 1 fully saturated rings. The molecule has 4 heteroatoms. The molecule has 3 heterocycles. The van der Waals surface area contributed by atoms with E-state index >= 15 is 0 Å². The minimum atomic E-state index is 0.0275. The summed E-state index contributed by atoms with van der Waals surface area (Å²) in [6.45, 7) is 11.4. The number of nitrogens with zero attached hydrogens (tertiary/aromatic N) is 3. The summed E-state index contributed by atoms with van der Waals surface area (Å²) in [6.07, 6.45) is 1.12. The number of rotatable bonds is 3. The molecule has 25 heavy (non-hydrogen) atoms. The summed E-state index contributed by atoms with van der Waals surface area (Å²) in [6, 6.07) is 10.3. The van der Waals surface area contributed by atoms with Gasteiger partial charge in [-0.05, 0) is 25.8 Å². The van der Waals surface area contributed by atoms with E-state index in [0.29, 0.717) is 12.5 Å². The van der Waals surface area contributed by atoms with Gasteiger partial charge in [0.1, 0.15) is 0 Å². The van der Waals surface area contributed by atoms with Gasteiger partial charge in [-0.1, -0.05) is 44.2 Å². The Hall–Kier alpha value is -1.78. The highest BCUT2D eigenvalue weighted by Crippen LogP contribution is 2.40. The van der Waals surface area contributed by atoms with Gasteiger partial charge in [-0.25, -0.2) is 9.97 Å². The Morgan fingerprint density at radius 3 is 2.76 bits per heavy atom. The number of aromatic nitrogens is 2. The predicted molar refractivity (Wildman–Crippen MR) is 99.4 cm³/mol. The highest BCUT2D eigenvalue weighted by molar-refractivity contribution is 5.56. The second kappa shape index (κ2) is 6.50. The van der Waals surface area contributed by atoms with Crippen LogP contribution in [0, 0.1) is 12.8 Å². The van der Waals surface area contributed by atoms with Crippen LogP contribution in [0.15, 0.2) is 30.3 Å². The molecule has 1 aromatic heterocycles. The average molecular weight is 337 g/mol. The highest BCUT2D eigenvalue weighted by atomic mass is 16.5. The summed E-state index contributed by atoms with van der Waals surface area (Å²) in [5.41, 5.74) is 4.62. The molecule has 0 amide bonds. The predicted octanol–water partition coefficient (Wildman–Crippen LogP) is 3.58. The smallest absolute Gasteiger partial charge is 0.159 e. The molecule has 0 N–H and O–H groups in total. The number of benzene rings is 1. The van der Waals surface area contributed by atoms with Gasteiger partial charge in [0.05, 0.1) is 24.3 Å². The van der Waals surface area contributed by atoms with Crippen LogP contribution in [0.5, 0.6) is 0 Å². The van der Waals surface area contributed by atoms with Gasteiger partial charge in [-0.15, -0.1) is 0 Å². The lowest BCUT2D eigenvalue weighted by Crippen LogP contribution is -2.41. The fourth-order valence-electron chi connectivity index (χ4n) is 4.28. The maximum absolute atomic E-state index is 6.01. The van der Waals surface area contributed by atoms with Gasteiger partial charge in [-0.3, -0.25) is 0 Å². The molecule has 2 aromatic rings. The molecular weight excluding hydrogens is 310 g/mol. The normalized spacial score (nSPS) is 23.4. The van der Waals surface area contributed by atoms with Crippen LogP contribution in [-0.4, -0.2) is 41.1 Å². The minimum Gasteiger partial charge on any atom is -0.376 e. The first-order chi connectivity index (χ1) is 12.1. The van der Waals surface area contributed by atoms with Crippen molar-refractivity contribution in [3.63, 3.8) is 0 Å². The van der Waals surface area contributed by atoms with Gasteiger partial charge in [0.25, 0.3) is 0 Å². The van der Waals surface area contributed by atoms with Crippen molar-refractivity contribution in [2.24, 2.45) is 5.92 Å². The summed E-state index contributed by atoms with van der Waals surface area (Å²) < 4.78 is 6.01. The molecule has 1 saturated heterocycles. The van der Waals surface area contributed by atoms with E-state index < -0.39 is 0 Å². The quantitative estimate of drug-likeness (QED) is 0.858. The zero-order chi connectivity index (χ0) is 17.4. The van der Waals surface area contributed by atoms with E-state index in [1.165, 1.54) is 11.3 Å². The number of fused-ring (bicyclic) bond motifs is 2. The van der Waals surface area contributed by atoms with Crippen molar-refractivity contribution < 1.29 is 4.74 Å². The Morgan fingerprint density at radius 1 is 1.20 bits per heavy atom. The second-order valence-electron chi connectivity index (χ2n) is 7.98. The van der Waals surface area contributed by atoms with Crippen LogP contribution in [0.3, 0.4) is 0 Å². The molecule has 0 aliphatic carbocycles. The Labute approximate surface area is 150 Å². The van der Waals surface area contributed by atoms with Crippen molar-refractivity contribution in [2.75, 3.05) is 26.2 Å². The van der Waals surface area contributed by atoms with Gasteiger partial charge < -0.3 is 9.64 Å². The minimum absolute atomic E-state index is 0.0275. The van der Waals surface area contributed by atoms with Crippen molar-refractivity contribution in [2.45, 2.75) is 39.2 Å². The summed E-state index contributed by atoms with van der Waals surface area (Å²) in [5.74, 6) is 1.53. The van der Waals surface area contributed by atoms with E-state index in [9.17, 15) is 0 Å². The first-order valence-corrected chi connectivity index (χ1v) is 9.31. The number of aryl methyl sites for hydroxylation is 1. The Morgan fingerprint density at radius 2 is 2.00 bits per heavy atom. The van der Waals surface area contributed by atoms with Crippen LogP contribution < -0.4 is 0 Å². The molecule has 0 unspecified atom stereocenters. The zero-order valence-corrected chi connectivity index (χ0v) is 15.5. The monoisotopic (exact) mass is 337 g/mol. The van der Waals surface area contributed by atoms with Gasteiger partial charge in [-0.2, -0.15) is 0 Å². The summed E-state index contributed by atoms with van der Waals surface area (Å²) in [5, 5.41) is 0. The van der Waals surface area contributed by atoms with E-state index in [-0.39, 0.29) is 5.41 Å². The molecule has 2 aliphatic rings. The maximum atomic E-state index is 6.01. The number of hydrogen-bond donors (Lipinski definition) is 0. The van der Waals surface area contributed by atoms with Crippen LogP contribution in [0.4, 0.5) is 0 Å². The molecule has 1 atom stereocenters. The van der Waals surface area contributed by atoms with Crippen molar-refractivity contribution in [1.82, 2.24) is 14.9 Å². The van der Waals surface area contributed by atoms with Gasteiger partial charge in [0.2, 0.25) is 0 Å². The topological polar surface area (TPSA) is 38.3 Å². The zero-order valence-electron chi connectivity index (χ0n) is 15.5. The van der Waals surface area contributed by atoms with E-state index in [0.717, 1.165) is 49.7 Å². The summed E-state index contributed by atoms with van der Waals surface area (Å²) in [4.78, 5) is 12.4. The third kappa shape index (κ3) is 3.09. The maximum Gasteiger partial charge on any atom is 0.159 e. The lowest BCUT2D eigenvalue weighted by molar-refractivity contribution is 0.0496. The molecular formula is C21H27N3O. The summed E-state index contributed by atoms with van der Waals surface area (Å²) in [7, 11) is 0. The SMILES string of the molecule is Cc1nc(-c2ccccc2)nc2c1COC[C@]21CCN(CC(C)C)C1. The van der Waals surface area contributed by atoms with Gasteiger partial charge >= 0.3 is 0 Å². The number of likely N-dealkylation sites (tertiary alicyclic amines) is 1. The van der Waals surface area contributed by atoms with E-state index in [1.54, 1.807) is 0 Å². The third-order valence-corrected chi connectivity index (χ3v) is 5.43. The molecule has 0 radical (unpaired) electrons. The fourth-order valence-corrected chi connectivity index (χ4v) is 4.28. The molecule has 1 aromatic carbocycles. The average Bonchev–Trinajstić information content (AvgIpc) is 2.99. The van der Waals surface area contributed by atoms with Crippen molar-refractivity contribution in [1.29, 1.82) is 0 Å². The van der Waals surface area contributed by atoms with Crippen molar-refractivity contribution in [3.05, 3.63) is 47.3 Å². The Bertz CT molecular complexity index is 759. The number of ether oxygens (including phenoxy) is 1. The molecule has 132 valence electrons. The van der Waals surface area contributed by atoms with Crippen LogP contribution in [-0.2, 0) is 16.8 Å². The van der Waals surface area contributed by atoms with Crippen LogP contribution in [0.25, 0.3) is 11.4 Å². The molecule has 1 spiro atoms. The van der Waals surface area contributed by atoms with Crippen LogP contribution in [0.2, 0.25) is 0 Å². The first-order valence-electron chi connectivity index (χ1n) is 9.31.